The minimum atomic E-state index is 0.0403. The lowest BCUT2D eigenvalue weighted by atomic mass is 10.1. The fourth-order valence-corrected chi connectivity index (χ4v) is 3.48. The highest BCUT2D eigenvalue weighted by atomic mass is 16.7. The van der Waals surface area contributed by atoms with Crippen LogP contribution in [0.2, 0.25) is 0 Å². The maximum absolute atomic E-state index is 13.2. The number of nitrogens with zero attached hydrogens (tertiary/aromatic N) is 1. The predicted octanol–water partition coefficient (Wildman–Crippen LogP) is 3.38. The second-order valence-corrected chi connectivity index (χ2v) is 6.81. The first-order valence-corrected chi connectivity index (χ1v) is 8.90. The van der Waals surface area contributed by atoms with Crippen molar-refractivity contribution < 1.29 is 19.0 Å². The number of hydrogen-bond donors (Lipinski definition) is 0. The second-order valence-electron chi connectivity index (χ2n) is 6.81. The lowest BCUT2D eigenvalue weighted by Gasteiger charge is -2.26. The van der Waals surface area contributed by atoms with Crippen molar-refractivity contribution in [3.05, 3.63) is 59.2 Å². The number of fused-ring (bicyclic) bond motifs is 2. The quantitative estimate of drug-likeness (QED) is 0.849. The van der Waals surface area contributed by atoms with Gasteiger partial charge in [-0.25, -0.2) is 0 Å². The van der Waals surface area contributed by atoms with Crippen LogP contribution in [-0.4, -0.2) is 30.2 Å². The molecule has 5 rings (SSSR count). The summed E-state index contributed by atoms with van der Waals surface area (Å²) in [6, 6.07) is 13.9. The van der Waals surface area contributed by atoms with Crippen molar-refractivity contribution in [1.29, 1.82) is 0 Å². The monoisotopic (exact) mass is 349 g/mol. The molecule has 0 atom stereocenters. The first-order valence-electron chi connectivity index (χ1n) is 8.90. The number of rotatable bonds is 4. The highest BCUT2D eigenvalue weighted by Gasteiger charge is 2.35. The van der Waals surface area contributed by atoms with Crippen LogP contribution >= 0.6 is 0 Å². The van der Waals surface area contributed by atoms with Crippen LogP contribution in [-0.2, 0) is 11.3 Å². The van der Waals surface area contributed by atoms with Crippen LogP contribution in [0.3, 0.4) is 0 Å². The molecule has 1 amide bonds. The van der Waals surface area contributed by atoms with E-state index in [9.17, 15) is 4.79 Å². The molecule has 132 valence electrons. The fraction of sp³-hybridized carbons (Fsp3) is 0.286. The summed E-state index contributed by atoms with van der Waals surface area (Å²) in [5.74, 6) is 2.37. The van der Waals surface area contributed by atoms with E-state index in [1.165, 1.54) is 0 Å². The third-order valence-corrected chi connectivity index (χ3v) is 4.97. The lowest BCUT2D eigenvalue weighted by Crippen LogP contribution is -2.35. The molecule has 3 aliphatic rings. The van der Waals surface area contributed by atoms with Crippen molar-refractivity contribution in [2.75, 3.05) is 13.4 Å². The van der Waals surface area contributed by atoms with Gasteiger partial charge in [0.2, 0.25) is 6.79 Å². The Morgan fingerprint density at radius 2 is 1.85 bits per heavy atom. The molecule has 0 aromatic heterocycles. The van der Waals surface area contributed by atoms with Crippen molar-refractivity contribution in [2.24, 2.45) is 0 Å². The van der Waals surface area contributed by atoms with Gasteiger partial charge in [0.1, 0.15) is 12.4 Å². The Morgan fingerprint density at radius 1 is 1.00 bits per heavy atom. The molecule has 26 heavy (non-hydrogen) atoms. The molecular formula is C21H19NO4. The van der Waals surface area contributed by atoms with Gasteiger partial charge in [-0.2, -0.15) is 0 Å². The van der Waals surface area contributed by atoms with E-state index in [2.05, 4.69) is 0 Å². The van der Waals surface area contributed by atoms with Gasteiger partial charge >= 0.3 is 0 Å². The molecule has 2 aromatic carbocycles. The first-order chi connectivity index (χ1) is 12.8. The van der Waals surface area contributed by atoms with Gasteiger partial charge in [-0.1, -0.05) is 30.3 Å². The van der Waals surface area contributed by atoms with E-state index in [0.29, 0.717) is 24.8 Å². The molecule has 5 heteroatoms. The summed E-state index contributed by atoms with van der Waals surface area (Å²) in [5, 5.41) is 0. The molecule has 2 aromatic rings. The molecule has 0 spiro atoms. The zero-order valence-corrected chi connectivity index (χ0v) is 14.3. The van der Waals surface area contributed by atoms with Crippen LogP contribution in [0.5, 0.6) is 17.2 Å². The number of benzene rings is 2. The third-order valence-electron chi connectivity index (χ3n) is 4.97. The van der Waals surface area contributed by atoms with Crippen molar-refractivity contribution in [2.45, 2.75) is 25.4 Å². The maximum atomic E-state index is 13.2. The molecule has 0 bridgehead atoms. The molecule has 0 saturated heterocycles. The highest BCUT2D eigenvalue weighted by Crippen LogP contribution is 2.38. The Morgan fingerprint density at radius 3 is 2.73 bits per heavy atom. The van der Waals surface area contributed by atoms with E-state index in [1.54, 1.807) is 0 Å². The Balaban J connectivity index is 1.43. The largest absolute Gasteiger partial charge is 0.488 e. The van der Waals surface area contributed by atoms with Gasteiger partial charge in [-0.3, -0.25) is 4.79 Å². The van der Waals surface area contributed by atoms with Gasteiger partial charge in [0.15, 0.2) is 11.5 Å². The minimum absolute atomic E-state index is 0.0403. The smallest absolute Gasteiger partial charge is 0.253 e. The Hall–Kier alpha value is -2.95. The van der Waals surface area contributed by atoms with E-state index in [4.69, 9.17) is 14.2 Å². The molecular weight excluding hydrogens is 330 g/mol. The normalized spacial score (nSPS) is 17.2. The molecule has 2 aliphatic heterocycles. The van der Waals surface area contributed by atoms with Crippen LogP contribution in [0.15, 0.2) is 48.0 Å². The Bertz CT molecular complexity index is 901. The van der Waals surface area contributed by atoms with Gasteiger partial charge < -0.3 is 19.1 Å². The summed E-state index contributed by atoms with van der Waals surface area (Å²) in [6.07, 6.45) is 4.04. The van der Waals surface area contributed by atoms with Crippen LogP contribution in [0.25, 0.3) is 6.08 Å². The molecule has 0 N–H and O–H groups in total. The predicted molar refractivity (Wildman–Crippen MR) is 96.1 cm³/mol. The van der Waals surface area contributed by atoms with E-state index in [-0.39, 0.29) is 12.7 Å². The summed E-state index contributed by atoms with van der Waals surface area (Å²) >= 11 is 0. The number of carbonyl (C=O) groups is 1. The van der Waals surface area contributed by atoms with Gasteiger partial charge in [0, 0.05) is 17.2 Å². The highest BCUT2D eigenvalue weighted by molar-refractivity contribution is 5.99. The summed E-state index contributed by atoms with van der Waals surface area (Å²) < 4.78 is 16.8. The maximum Gasteiger partial charge on any atom is 0.253 e. The molecule has 1 aliphatic carbocycles. The molecule has 5 nitrogen and oxygen atoms in total. The third kappa shape index (κ3) is 2.69. The zero-order chi connectivity index (χ0) is 17.5. The molecule has 1 saturated carbocycles. The van der Waals surface area contributed by atoms with Gasteiger partial charge in [0.05, 0.1) is 12.1 Å². The average molecular weight is 349 g/mol. The summed E-state index contributed by atoms with van der Waals surface area (Å²) in [5.41, 5.74) is 2.63. The van der Waals surface area contributed by atoms with Gasteiger partial charge in [-0.15, -0.1) is 0 Å². The van der Waals surface area contributed by atoms with Gasteiger partial charge in [-0.05, 0) is 31.1 Å². The summed E-state index contributed by atoms with van der Waals surface area (Å²) in [6.45, 7) is 1.07. The number of para-hydroxylation sites is 2. The van der Waals surface area contributed by atoms with E-state index >= 15 is 0 Å². The Kier molecular flexibility index (Phi) is 3.59. The summed E-state index contributed by atoms with van der Waals surface area (Å²) in [7, 11) is 0. The molecule has 1 fully saturated rings. The SMILES string of the molecule is O=C(C1=Cc2ccccc2OC1)N(Cc1cccc2c1OCO2)C1CC1. The van der Waals surface area contributed by atoms with E-state index in [1.807, 2.05) is 53.4 Å². The van der Waals surface area contributed by atoms with Crippen molar-refractivity contribution in [3.63, 3.8) is 0 Å². The number of amides is 1. The van der Waals surface area contributed by atoms with E-state index in [0.717, 1.165) is 41.2 Å². The lowest BCUT2D eigenvalue weighted by molar-refractivity contribution is -0.128. The topological polar surface area (TPSA) is 48.0 Å². The van der Waals surface area contributed by atoms with Crippen LogP contribution in [0.4, 0.5) is 0 Å². The van der Waals surface area contributed by atoms with Gasteiger partial charge in [0.25, 0.3) is 5.91 Å². The molecule has 0 radical (unpaired) electrons. The van der Waals surface area contributed by atoms with Crippen molar-refractivity contribution in [1.82, 2.24) is 4.90 Å². The Labute approximate surface area is 151 Å². The van der Waals surface area contributed by atoms with Crippen LogP contribution in [0, 0.1) is 0 Å². The van der Waals surface area contributed by atoms with Crippen LogP contribution < -0.4 is 14.2 Å². The molecule has 2 heterocycles. The average Bonchev–Trinajstić information content (AvgIpc) is 3.41. The van der Waals surface area contributed by atoms with E-state index < -0.39 is 0 Å². The number of ether oxygens (including phenoxy) is 3. The number of carbonyl (C=O) groups excluding carboxylic acids is 1. The van der Waals surface area contributed by atoms with Crippen molar-refractivity contribution in [3.8, 4) is 17.2 Å². The zero-order valence-electron chi connectivity index (χ0n) is 14.3. The first kappa shape index (κ1) is 15.3. The fourth-order valence-electron chi connectivity index (χ4n) is 3.48. The van der Waals surface area contributed by atoms with Crippen LogP contribution in [0.1, 0.15) is 24.0 Å². The van der Waals surface area contributed by atoms with Crippen molar-refractivity contribution >= 4 is 12.0 Å². The number of hydrogen-bond acceptors (Lipinski definition) is 4. The molecule has 0 unspecified atom stereocenters. The standard InChI is InChI=1S/C21H19NO4/c23-21(16-10-14-4-1-2-6-18(14)24-12-16)22(17-8-9-17)11-15-5-3-7-19-20(15)26-13-25-19/h1-7,10,17H,8-9,11-13H2. The summed E-state index contributed by atoms with van der Waals surface area (Å²) in [4.78, 5) is 15.1. The minimum Gasteiger partial charge on any atom is -0.488 e. The second kappa shape index (κ2) is 6.09.